The highest BCUT2D eigenvalue weighted by Gasteiger charge is 2.24. The molecule has 0 aromatic carbocycles. The lowest BCUT2D eigenvalue weighted by molar-refractivity contribution is 0.260. The van der Waals surface area contributed by atoms with Gasteiger partial charge in [-0.25, -0.2) is 4.98 Å². The molecule has 0 aliphatic heterocycles. The zero-order valence-electron chi connectivity index (χ0n) is 10.9. The van der Waals surface area contributed by atoms with Crippen LogP contribution in [0.3, 0.4) is 0 Å². The predicted molar refractivity (Wildman–Crippen MR) is 70.4 cm³/mol. The average Bonchev–Trinajstić information content (AvgIpc) is 2.35. The summed E-state index contributed by atoms with van der Waals surface area (Å²) in [6, 6.07) is 4.51. The second-order valence-electron chi connectivity index (χ2n) is 5.19. The van der Waals surface area contributed by atoms with Crippen LogP contribution in [0.1, 0.15) is 33.1 Å². The van der Waals surface area contributed by atoms with Gasteiger partial charge in [0.25, 0.3) is 0 Å². The molecule has 0 saturated heterocycles. The smallest absolute Gasteiger partial charge is 0.137 e. The van der Waals surface area contributed by atoms with Gasteiger partial charge in [0.2, 0.25) is 0 Å². The summed E-state index contributed by atoms with van der Waals surface area (Å²) in [5.74, 6) is 3.43. The van der Waals surface area contributed by atoms with Crippen molar-refractivity contribution in [2.75, 3.05) is 12.4 Å². The van der Waals surface area contributed by atoms with Crippen molar-refractivity contribution < 1.29 is 4.74 Å². The minimum absolute atomic E-state index is 0.571. The van der Waals surface area contributed by atoms with Gasteiger partial charge in [-0.2, -0.15) is 0 Å². The molecule has 1 saturated carbocycles. The van der Waals surface area contributed by atoms with Gasteiger partial charge in [-0.15, -0.1) is 0 Å². The molecule has 0 bridgehead atoms. The van der Waals surface area contributed by atoms with E-state index < -0.39 is 0 Å². The maximum absolute atomic E-state index is 5.10. The van der Waals surface area contributed by atoms with Gasteiger partial charge in [-0.1, -0.05) is 13.8 Å². The molecule has 2 rings (SSSR count). The molecule has 0 amide bonds. The SMILES string of the molecule is COc1ccc(NC2CCC(C)C(C)C2)nc1. The predicted octanol–water partition coefficient (Wildman–Crippen LogP) is 3.33. The van der Waals surface area contributed by atoms with Crippen LogP contribution in [-0.4, -0.2) is 18.1 Å². The Bertz CT molecular complexity index is 350. The Morgan fingerprint density at radius 2 is 2.06 bits per heavy atom. The minimum Gasteiger partial charge on any atom is -0.495 e. The zero-order valence-corrected chi connectivity index (χ0v) is 10.9. The third kappa shape index (κ3) is 3.11. The standard InChI is InChI=1S/C14H22N2O/c1-10-4-5-12(8-11(10)2)16-14-7-6-13(17-3)9-15-14/h6-7,9-12H,4-5,8H2,1-3H3,(H,15,16). The molecular weight excluding hydrogens is 212 g/mol. The number of hydrogen-bond acceptors (Lipinski definition) is 3. The molecule has 1 aliphatic rings. The second-order valence-corrected chi connectivity index (χ2v) is 5.19. The maximum atomic E-state index is 5.10. The molecule has 17 heavy (non-hydrogen) atoms. The Morgan fingerprint density at radius 3 is 2.65 bits per heavy atom. The Kier molecular flexibility index (Phi) is 3.87. The largest absolute Gasteiger partial charge is 0.495 e. The summed E-state index contributed by atoms with van der Waals surface area (Å²) < 4.78 is 5.10. The summed E-state index contributed by atoms with van der Waals surface area (Å²) in [4.78, 5) is 4.35. The van der Waals surface area contributed by atoms with Gasteiger partial charge in [0.05, 0.1) is 13.3 Å². The average molecular weight is 234 g/mol. The van der Waals surface area contributed by atoms with Gasteiger partial charge in [0, 0.05) is 6.04 Å². The van der Waals surface area contributed by atoms with E-state index in [1.165, 1.54) is 19.3 Å². The first kappa shape index (κ1) is 12.2. The van der Waals surface area contributed by atoms with Crippen LogP contribution in [0.4, 0.5) is 5.82 Å². The lowest BCUT2D eigenvalue weighted by atomic mass is 9.79. The molecular formula is C14H22N2O. The van der Waals surface area contributed by atoms with Gasteiger partial charge in [0.15, 0.2) is 0 Å². The molecule has 3 nitrogen and oxygen atoms in total. The van der Waals surface area contributed by atoms with Crippen molar-refractivity contribution in [1.82, 2.24) is 4.98 Å². The van der Waals surface area contributed by atoms with Crippen molar-refractivity contribution in [3.05, 3.63) is 18.3 Å². The van der Waals surface area contributed by atoms with E-state index >= 15 is 0 Å². The lowest BCUT2D eigenvalue weighted by Gasteiger charge is -2.32. The van der Waals surface area contributed by atoms with Crippen molar-refractivity contribution in [3.8, 4) is 5.75 Å². The van der Waals surface area contributed by atoms with Crippen LogP contribution in [0, 0.1) is 11.8 Å². The van der Waals surface area contributed by atoms with E-state index in [1.54, 1.807) is 13.3 Å². The van der Waals surface area contributed by atoms with Crippen LogP contribution < -0.4 is 10.1 Å². The quantitative estimate of drug-likeness (QED) is 0.871. The molecule has 1 N–H and O–H groups in total. The normalized spacial score (nSPS) is 28.8. The second kappa shape index (κ2) is 5.39. The van der Waals surface area contributed by atoms with E-state index in [0.29, 0.717) is 6.04 Å². The van der Waals surface area contributed by atoms with Crippen LogP contribution >= 0.6 is 0 Å². The number of pyridine rings is 1. The van der Waals surface area contributed by atoms with E-state index in [-0.39, 0.29) is 0 Å². The summed E-state index contributed by atoms with van der Waals surface area (Å²) >= 11 is 0. The molecule has 94 valence electrons. The van der Waals surface area contributed by atoms with Crippen molar-refractivity contribution in [3.63, 3.8) is 0 Å². The number of rotatable bonds is 3. The van der Waals surface area contributed by atoms with Gasteiger partial charge in [0.1, 0.15) is 11.6 Å². The molecule has 3 heteroatoms. The Morgan fingerprint density at radius 1 is 1.24 bits per heavy atom. The fourth-order valence-electron chi connectivity index (χ4n) is 2.47. The summed E-state index contributed by atoms with van der Waals surface area (Å²) in [6.07, 6.45) is 5.57. The molecule has 1 heterocycles. The number of anilines is 1. The molecule has 3 unspecified atom stereocenters. The molecule has 0 radical (unpaired) electrons. The Labute approximate surface area is 104 Å². The summed E-state index contributed by atoms with van der Waals surface area (Å²) in [7, 11) is 1.66. The topological polar surface area (TPSA) is 34.1 Å². The molecule has 1 aromatic rings. The van der Waals surface area contributed by atoms with E-state index in [0.717, 1.165) is 23.4 Å². The summed E-state index contributed by atoms with van der Waals surface area (Å²) in [5.41, 5.74) is 0. The first-order chi connectivity index (χ1) is 8.19. The van der Waals surface area contributed by atoms with E-state index in [1.807, 2.05) is 12.1 Å². The number of nitrogens with zero attached hydrogens (tertiary/aromatic N) is 1. The zero-order chi connectivity index (χ0) is 12.3. The summed E-state index contributed by atoms with van der Waals surface area (Å²) in [6.45, 7) is 4.70. The first-order valence-corrected chi connectivity index (χ1v) is 6.45. The monoisotopic (exact) mass is 234 g/mol. The fourth-order valence-corrected chi connectivity index (χ4v) is 2.47. The van der Waals surface area contributed by atoms with E-state index in [2.05, 4.69) is 24.1 Å². The highest BCUT2D eigenvalue weighted by Crippen LogP contribution is 2.30. The van der Waals surface area contributed by atoms with Crippen molar-refractivity contribution in [2.24, 2.45) is 11.8 Å². The van der Waals surface area contributed by atoms with Crippen LogP contribution in [0.15, 0.2) is 18.3 Å². The molecule has 3 atom stereocenters. The minimum atomic E-state index is 0.571. The molecule has 1 aromatic heterocycles. The Balaban J connectivity index is 1.92. The molecule has 0 spiro atoms. The number of nitrogens with one attached hydrogen (secondary N) is 1. The van der Waals surface area contributed by atoms with Crippen molar-refractivity contribution in [1.29, 1.82) is 0 Å². The third-order valence-electron chi connectivity index (χ3n) is 3.92. The van der Waals surface area contributed by atoms with E-state index in [9.17, 15) is 0 Å². The molecule has 1 aliphatic carbocycles. The first-order valence-electron chi connectivity index (χ1n) is 6.45. The van der Waals surface area contributed by atoms with Crippen LogP contribution in [-0.2, 0) is 0 Å². The van der Waals surface area contributed by atoms with Gasteiger partial charge in [-0.05, 0) is 43.2 Å². The number of methoxy groups -OCH3 is 1. The number of ether oxygens (including phenoxy) is 1. The van der Waals surface area contributed by atoms with Crippen LogP contribution in [0.5, 0.6) is 5.75 Å². The van der Waals surface area contributed by atoms with Gasteiger partial charge >= 0.3 is 0 Å². The number of hydrogen-bond donors (Lipinski definition) is 1. The van der Waals surface area contributed by atoms with E-state index in [4.69, 9.17) is 4.74 Å². The van der Waals surface area contributed by atoms with Crippen LogP contribution in [0.25, 0.3) is 0 Å². The van der Waals surface area contributed by atoms with Crippen molar-refractivity contribution in [2.45, 2.75) is 39.2 Å². The maximum Gasteiger partial charge on any atom is 0.137 e. The third-order valence-corrected chi connectivity index (χ3v) is 3.92. The van der Waals surface area contributed by atoms with Gasteiger partial charge in [-0.3, -0.25) is 0 Å². The number of aromatic nitrogens is 1. The highest BCUT2D eigenvalue weighted by atomic mass is 16.5. The summed E-state index contributed by atoms with van der Waals surface area (Å²) in [5, 5.41) is 3.52. The highest BCUT2D eigenvalue weighted by molar-refractivity contribution is 5.38. The van der Waals surface area contributed by atoms with Gasteiger partial charge < -0.3 is 10.1 Å². The molecule has 1 fully saturated rings. The van der Waals surface area contributed by atoms with Crippen molar-refractivity contribution >= 4 is 5.82 Å². The van der Waals surface area contributed by atoms with Crippen LogP contribution in [0.2, 0.25) is 0 Å². The Hall–Kier alpha value is -1.25. The fraction of sp³-hybridized carbons (Fsp3) is 0.643. The lowest BCUT2D eigenvalue weighted by Crippen LogP contribution is -2.30.